The van der Waals surface area contributed by atoms with Gasteiger partial charge < -0.3 is 9.84 Å². The average Bonchev–Trinajstić information content (AvgIpc) is 2.63. The molecule has 1 fully saturated rings. The van der Waals surface area contributed by atoms with Crippen LogP contribution < -0.4 is 0 Å². The van der Waals surface area contributed by atoms with Crippen molar-refractivity contribution >= 4 is 16.0 Å². The molecule has 1 aliphatic rings. The van der Waals surface area contributed by atoms with Crippen LogP contribution in [0.25, 0.3) is 0 Å². The number of benzene rings is 1. The van der Waals surface area contributed by atoms with E-state index in [2.05, 4.69) is 0 Å². The molecule has 0 aliphatic carbocycles. The van der Waals surface area contributed by atoms with E-state index >= 15 is 0 Å². The van der Waals surface area contributed by atoms with Crippen molar-refractivity contribution in [2.75, 3.05) is 19.7 Å². The van der Waals surface area contributed by atoms with Crippen LogP contribution in [0.5, 0.6) is 0 Å². The van der Waals surface area contributed by atoms with Gasteiger partial charge in [-0.3, -0.25) is 0 Å². The summed E-state index contributed by atoms with van der Waals surface area (Å²) in [6.07, 6.45) is 0.452. The lowest BCUT2D eigenvalue weighted by atomic mass is 10.1. The molecule has 116 valence electrons. The van der Waals surface area contributed by atoms with Crippen molar-refractivity contribution in [2.24, 2.45) is 0 Å². The fourth-order valence-electron chi connectivity index (χ4n) is 2.32. The Bertz CT molecular complexity index is 641. The van der Waals surface area contributed by atoms with E-state index in [1.54, 1.807) is 6.92 Å². The molecule has 1 aromatic rings. The van der Waals surface area contributed by atoms with E-state index < -0.39 is 16.0 Å². The van der Waals surface area contributed by atoms with Crippen molar-refractivity contribution in [1.29, 1.82) is 0 Å². The lowest BCUT2D eigenvalue weighted by Gasteiger charge is -2.22. The summed E-state index contributed by atoms with van der Waals surface area (Å²) in [5.74, 6) is -1.13. The van der Waals surface area contributed by atoms with Crippen molar-refractivity contribution in [3.63, 3.8) is 0 Å². The van der Waals surface area contributed by atoms with Crippen molar-refractivity contribution in [3.8, 4) is 0 Å². The van der Waals surface area contributed by atoms with Gasteiger partial charge >= 0.3 is 5.97 Å². The molecular weight excluding hydrogens is 294 g/mol. The predicted molar refractivity (Wildman–Crippen MR) is 76.9 cm³/mol. The number of carbonyl (C=O) groups is 1. The Morgan fingerprint density at radius 2 is 2.14 bits per heavy atom. The quantitative estimate of drug-likeness (QED) is 0.914. The first-order valence-electron chi connectivity index (χ1n) is 6.78. The number of hydrogen-bond acceptors (Lipinski definition) is 4. The van der Waals surface area contributed by atoms with E-state index in [9.17, 15) is 13.2 Å². The molecule has 0 radical (unpaired) electrons. The molecule has 2 rings (SSSR count). The highest BCUT2D eigenvalue weighted by Gasteiger charge is 2.28. The molecule has 1 atom stereocenters. The summed E-state index contributed by atoms with van der Waals surface area (Å²) in [6.45, 7) is 4.65. The first kappa shape index (κ1) is 15.9. The lowest BCUT2D eigenvalue weighted by molar-refractivity contribution is 0.0695. The number of carboxylic acid groups (broad SMARTS) is 1. The Morgan fingerprint density at radius 3 is 2.81 bits per heavy atom. The third kappa shape index (κ3) is 3.42. The van der Waals surface area contributed by atoms with E-state index in [0.29, 0.717) is 25.1 Å². The van der Waals surface area contributed by atoms with Crippen LogP contribution in [0.1, 0.15) is 29.3 Å². The molecule has 0 amide bonds. The lowest BCUT2D eigenvalue weighted by Crippen LogP contribution is -2.36. The van der Waals surface area contributed by atoms with Crippen LogP contribution in [0.4, 0.5) is 0 Å². The zero-order valence-electron chi connectivity index (χ0n) is 12.1. The average molecular weight is 313 g/mol. The van der Waals surface area contributed by atoms with Gasteiger partial charge in [0.1, 0.15) is 0 Å². The highest BCUT2D eigenvalue weighted by Crippen LogP contribution is 2.21. The van der Waals surface area contributed by atoms with Crippen LogP contribution in [0.2, 0.25) is 0 Å². The molecule has 1 aromatic carbocycles. The summed E-state index contributed by atoms with van der Waals surface area (Å²) in [5.41, 5.74) is 0.546. The Balaban J connectivity index is 2.39. The van der Waals surface area contributed by atoms with Gasteiger partial charge in [0.25, 0.3) is 0 Å². The van der Waals surface area contributed by atoms with Gasteiger partial charge in [-0.05, 0) is 38.0 Å². The zero-order chi connectivity index (χ0) is 15.6. The number of aromatic carboxylic acids is 1. The minimum atomic E-state index is -3.70. The summed E-state index contributed by atoms with van der Waals surface area (Å²) in [7, 11) is -3.70. The molecule has 7 heteroatoms. The SMILES string of the molecule is Cc1ccc(S(=O)(=O)N2CCCOC(C)C2)cc1C(=O)O. The largest absolute Gasteiger partial charge is 0.478 e. The maximum absolute atomic E-state index is 12.6. The molecule has 0 bridgehead atoms. The standard InChI is InChI=1S/C14H19NO5S/c1-10-4-5-12(8-13(10)14(16)17)21(18,19)15-6-3-7-20-11(2)9-15/h4-5,8,11H,3,6-7,9H2,1-2H3,(H,16,17). The van der Waals surface area contributed by atoms with Crippen LogP contribution in [-0.4, -0.2) is 49.6 Å². The van der Waals surface area contributed by atoms with Crippen LogP contribution in [0, 0.1) is 6.92 Å². The molecule has 0 saturated carbocycles. The number of aryl methyl sites for hydroxylation is 1. The molecule has 6 nitrogen and oxygen atoms in total. The van der Waals surface area contributed by atoms with E-state index in [1.165, 1.54) is 22.5 Å². The molecule has 1 saturated heterocycles. The molecule has 0 spiro atoms. The number of rotatable bonds is 3. The molecule has 1 N–H and O–H groups in total. The first-order valence-corrected chi connectivity index (χ1v) is 8.22. The third-order valence-corrected chi connectivity index (χ3v) is 5.35. The Hall–Kier alpha value is -1.44. The number of hydrogen-bond donors (Lipinski definition) is 1. The van der Waals surface area contributed by atoms with Gasteiger partial charge in [-0.1, -0.05) is 6.07 Å². The van der Waals surface area contributed by atoms with Gasteiger partial charge in [0.15, 0.2) is 0 Å². The second-order valence-electron chi connectivity index (χ2n) is 5.18. The van der Waals surface area contributed by atoms with Crippen molar-refractivity contribution in [3.05, 3.63) is 29.3 Å². The van der Waals surface area contributed by atoms with Crippen molar-refractivity contribution < 1.29 is 23.1 Å². The van der Waals surface area contributed by atoms with Crippen LogP contribution >= 0.6 is 0 Å². The molecule has 1 unspecified atom stereocenters. The van der Waals surface area contributed by atoms with Crippen molar-refractivity contribution in [1.82, 2.24) is 4.31 Å². The highest BCUT2D eigenvalue weighted by atomic mass is 32.2. The molecule has 1 aliphatic heterocycles. The van der Waals surface area contributed by atoms with E-state index in [-0.39, 0.29) is 23.1 Å². The second kappa shape index (κ2) is 6.13. The molecule has 21 heavy (non-hydrogen) atoms. The topological polar surface area (TPSA) is 83.9 Å². The fourth-order valence-corrected chi connectivity index (χ4v) is 3.90. The van der Waals surface area contributed by atoms with Gasteiger partial charge in [-0.25, -0.2) is 13.2 Å². The van der Waals surface area contributed by atoms with Gasteiger partial charge in [0, 0.05) is 19.7 Å². The molecule has 0 aromatic heterocycles. The minimum absolute atomic E-state index is 0.00944. The number of sulfonamides is 1. The van der Waals surface area contributed by atoms with E-state index in [4.69, 9.17) is 9.84 Å². The summed E-state index contributed by atoms with van der Waals surface area (Å²) in [5, 5.41) is 9.12. The fraction of sp³-hybridized carbons (Fsp3) is 0.500. The second-order valence-corrected chi connectivity index (χ2v) is 7.12. The highest BCUT2D eigenvalue weighted by molar-refractivity contribution is 7.89. The summed E-state index contributed by atoms with van der Waals surface area (Å²) < 4.78 is 32.1. The normalized spacial score (nSPS) is 21.0. The predicted octanol–water partition coefficient (Wildman–Crippen LogP) is 1.49. The van der Waals surface area contributed by atoms with E-state index in [0.717, 1.165) is 0 Å². The first-order chi connectivity index (χ1) is 9.82. The number of ether oxygens (including phenoxy) is 1. The summed E-state index contributed by atoms with van der Waals surface area (Å²) in [4.78, 5) is 11.2. The minimum Gasteiger partial charge on any atom is -0.478 e. The van der Waals surface area contributed by atoms with Crippen molar-refractivity contribution in [2.45, 2.75) is 31.3 Å². The Labute approximate surface area is 124 Å². The number of nitrogens with zero attached hydrogens (tertiary/aromatic N) is 1. The maximum atomic E-state index is 12.6. The summed E-state index contributed by atoms with van der Waals surface area (Å²) in [6, 6.07) is 4.20. The molecular formula is C14H19NO5S. The van der Waals surface area contributed by atoms with Crippen LogP contribution in [0.15, 0.2) is 23.1 Å². The van der Waals surface area contributed by atoms with Crippen LogP contribution in [-0.2, 0) is 14.8 Å². The van der Waals surface area contributed by atoms with E-state index in [1.807, 2.05) is 6.92 Å². The smallest absolute Gasteiger partial charge is 0.335 e. The van der Waals surface area contributed by atoms with Gasteiger partial charge in [0.2, 0.25) is 10.0 Å². The van der Waals surface area contributed by atoms with Gasteiger partial charge in [-0.2, -0.15) is 4.31 Å². The van der Waals surface area contributed by atoms with Crippen LogP contribution in [0.3, 0.4) is 0 Å². The van der Waals surface area contributed by atoms with Gasteiger partial charge in [0.05, 0.1) is 16.6 Å². The number of carboxylic acids is 1. The zero-order valence-corrected chi connectivity index (χ0v) is 12.9. The monoisotopic (exact) mass is 313 g/mol. The Morgan fingerprint density at radius 1 is 1.43 bits per heavy atom. The van der Waals surface area contributed by atoms with Gasteiger partial charge in [-0.15, -0.1) is 0 Å². The summed E-state index contributed by atoms with van der Waals surface area (Å²) >= 11 is 0. The Kier molecular flexibility index (Phi) is 4.65. The third-order valence-electron chi connectivity index (χ3n) is 3.49. The maximum Gasteiger partial charge on any atom is 0.335 e. The molecule has 1 heterocycles.